The molecule has 5 heteroatoms. The molecule has 0 aromatic heterocycles. The van der Waals surface area contributed by atoms with Gasteiger partial charge in [0.2, 0.25) is 0 Å². The lowest BCUT2D eigenvalue weighted by molar-refractivity contribution is 0.0495. The van der Waals surface area contributed by atoms with Gasteiger partial charge in [0.15, 0.2) is 0 Å². The minimum Gasteiger partial charge on any atom is -0.444 e. The Kier molecular flexibility index (Phi) is 5.42. The fraction of sp³-hybridized carbons (Fsp3) is 0.588. The maximum absolute atomic E-state index is 12.0. The number of carbonyl (C=O) groups excluding carboxylic acids is 1. The third kappa shape index (κ3) is 5.31. The van der Waals surface area contributed by atoms with Crippen LogP contribution in [0.5, 0.6) is 0 Å². The fourth-order valence-corrected chi connectivity index (χ4v) is 2.45. The van der Waals surface area contributed by atoms with Crippen LogP contribution in [0.1, 0.15) is 32.8 Å². The third-order valence-electron chi connectivity index (χ3n) is 3.43. The van der Waals surface area contributed by atoms with Crippen molar-refractivity contribution >= 4 is 6.09 Å². The van der Waals surface area contributed by atoms with Crippen LogP contribution < -0.4 is 5.32 Å². The summed E-state index contributed by atoms with van der Waals surface area (Å²) in [5.41, 5.74) is 0.595. The Morgan fingerprint density at radius 2 is 2.05 bits per heavy atom. The van der Waals surface area contributed by atoms with Crippen LogP contribution in [0.3, 0.4) is 0 Å². The first-order valence-corrected chi connectivity index (χ1v) is 7.69. The molecule has 0 saturated carbocycles. The van der Waals surface area contributed by atoms with Gasteiger partial charge < -0.3 is 19.9 Å². The van der Waals surface area contributed by atoms with E-state index in [-0.39, 0.29) is 24.9 Å². The summed E-state index contributed by atoms with van der Waals surface area (Å²) in [6.07, 6.45) is 0.763. The van der Waals surface area contributed by atoms with Crippen LogP contribution in [0.25, 0.3) is 0 Å². The Morgan fingerprint density at radius 1 is 1.36 bits per heavy atom. The van der Waals surface area contributed by atoms with E-state index < -0.39 is 11.7 Å². The van der Waals surface area contributed by atoms with Gasteiger partial charge in [-0.1, -0.05) is 30.3 Å². The summed E-state index contributed by atoms with van der Waals surface area (Å²) in [5, 5.41) is 11.9. The summed E-state index contributed by atoms with van der Waals surface area (Å²) < 4.78 is 10.9. The molecule has 0 radical (unpaired) electrons. The number of hydrogen-bond acceptors (Lipinski definition) is 4. The van der Waals surface area contributed by atoms with Gasteiger partial charge >= 0.3 is 6.09 Å². The van der Waals surface area contributed by atoms with E-state index in [2.05, 4.69) is 5.32 Å². The Bertz CT molecular complexity index is 483. The molecule has 1 aromatic carbocycles. The standard InChI is InChI=1S/C17H25NO4/c1-17(2,3)22-16(20)18-13(15-14(21-15)9-10-19)11-12-7-5-4-6-8-12/h4-8,13-15,19H,9-11H2,1-3H3,(H,18,20)/t13-,14+,15+/m0/s1. The van der Waals surface area contributed by atoms with Crippen LogP contribution in [0.4, 0.5) is 4.79 Å². The van der Waals surface area contributed by atoms with Gasteiger partial charge in [-0.05, 0) is 39.2 Å². The molecule has 0 unspecified atom stereocenters. The summed E-state index contributed by atoms with van der Waals surface area (Å²) in [5.74, 6) is 0. The number of rotatable bonds is 6. The summed E-state index contributed by atoms with van der Waals surface area (Å²) in [6.45, 7) is 5.59. The van der Waals surface area contributed by atoms with Crippen LogP contribution in [0.2, 0.25) is 0 Å². The zero-order chi connectivity index (χ0) is 16.2. The van der Waals surface area contributed by atoms with Crippen LogP contribution in [0, 0.1) is 0 Å². The number of benzene rings is 1. The molecule has 3 atom stereocenters. The van der Waals surface area contributed by atoms with Crippen molar-refractivity contribution in [1.29, 1.82) is 0 Å². The van der Waals surface area contributed by atoms with Gasteiger partial charge in [0.1, 0.15) is 11.7 Å². The number of hydrogen-bond donors (Lipinski definition) is 2. The number of aliphatic hydroxyl groups excluding tert-OH is 1. The van der Waals surface area contributed by atoms with Gasteiger partial charge in [-0.15, -0.1) is 0 Å². The topological polar surface area (TPSA) is 71.1 Å². The predicted octanol–water partition coefficient (Wildman–Crippen LogP) is 2.27. The first kappa shape index (κ1) is 16.8. The molecular weight excluding hydrogens is 282 g/mol. The molecule has 122 valence electrons. The second kappa shape index (κ2) is 7.11. The second-order valence-electron chi connectivity index (χ2n) is 6.59. The van der Waals surface area contributed by atoms with Gasteiger partial charge in [0.05, 0.1) is 12.1 Å². The van der Waals surface area contributed by atoms with E-state index >= 15 is 0 Å². The number of nitrogens with one attached hydrogen (secondary N) is 1. The van der Waals surface area contributed by atoms with E-state index in [0.29, 0.717) is 12.8 Å². The zero-order valence-electron chi connectivity index (χ0n) is 13.4. The monoisotopic (exact) mass is 307 g/mol. The molecule has 1 aromatic rings. The van der Waals surface area contributed by atoms with Gasteiger partial charge in [-0.25, -0.2) is 4.79 Å². The Morgan fingerprint density at radius 3 is 2.64 bits per heavy atom. The maximum Gasteiger partial charge on any atom is 0.407 e. The van der Waals surface area contributed by atoms with Crippen molar-refractivity contribution in [2.75, 3.05) is 6.61 Å². The molecule has 1 heterocycles. The minimum absolute atomic E-state index is 0.00801. The van der Waals surface area contributed by atoms with Crippen LogP contribution in [0.15, 0.2) is 30.3 Å². The van der Waals surface area contributed by atoms with E-state index in [1.54, 1.807) is 0 Å². The smallest absolute Gasteiger partial charge is 0.407 e. The molecule has 0 aliphatic carbocycles. The first-order chi connectivity index (χ1) is 10.4. The zero-order valence-corrected chi connectivity index (χ0v) is 13.4. The molecular formula is C17H25NO4. The van der Waals surface area contributed by atoms with Gasteiger partial charge in [-0.2, -0.15) is 0 Å². The Labute approximate surface area is 131 Å². The molecule has 2 rings (SSSR count). The molecule has 1 aliphatic heterocycles. The molecule has 1 saturated heterocycles. The van der Waals surface area contributed by atoms with Gasteiger partial charge in [-0.3, -0.25) is 0 Å². The van der Waals surface area contributed by atoms with Gasteiger partial charge in [0, 0.05) is 6.61 Å². The van der Waals surface area contributed by atoms with E-state index in [0.717, 1.165) is 5.56 Å². The summed E-state index contributed by atoms with van der Waals surface area (Å²) in [4.78, 5) is 12.0. The number of epoxide rings is 1. The summed E-state index contributed by atoms with van der Waals surface area (Å²) in [7, 11) is 0. The van der Waals surface area contributed by atoms with E-state index in [1.165, 1.54) is 0 Å². The maximum atomic E-state index is 12.0. The highest BCUT2D eigenvalue weighted by Crippen LogP contribution is 2.30. The normalized spacial score (nSPS) is 22.0. The largest absolute Gasteiger partial charge is 0.444 e. The highest BCUT2D eigenvalue weighted by molar-refractivity contribution is 5.68. The lowest BCUT2D eigenvalue weighted by atomic mass is 10.0. The minimum atomic E-state index is -0.531. The molecule has 1 amide bonds. The lowest BCUT2D eigenvalue weighted by Gasteiger charge is -2.23. The number of carbonyl (C=O) groups is 1. The van der Waals surface area contributed by atoms with Crippen molar-refractivity contribution in [3.63, 3.8) is 0 Å². The second-order valence-corrected chi connectivity index (χ2v) is 6.59. The molecule has 2 N–H and O–H groups in total. The molecule has 22 heavy (non-hydrogen) atoms. The molecule has 0 spiro atoms. The fourth-order valence-electron chi connectivity index (χ4n) is 2.45. The van der Waals surface area contributed by atoms with Crippen molar-refractivity contribution in [3.8, 4) is 0 Å². The van der Waals surface area contributed by atoms with E-state index in [1.807, 2.05) is 51.1 Å². The molecule has 0 bridgehead atoms. The van der Waals surface area contributed by atoms with Crippen molar-refractivity contribution in [1.82, 2.24) is 5.32 Å². The van der Waals surface area contributed by atoms with Crippen LogP contribution in [-0.4, -0.2) is 41.7 Å². The van der Waals surface area contributed by atoms with Crippen LogP contribution >= 0.6 is 0 Å². The van der Waals surface area contributed by atoms with E-state index in [4.69, 9.17) is 14.6 Å². The molecule has 5 nitrogen and oxygen atoms in total. The third-order valence-corrected chi connectivity index (χ3v) is 3.43. The summed E-state index contributed by atoms with van der Waals surface area (Å²) in [6, 6.07) is 9.79. The van der Waals surface area contributed by atoms with Gasteiger partial charge in [0.25, 0.3) is 0 Å². The predicted molar refractivity (Wildman–Crippen MR) is 83.7 cm³/mol. The highest BCUT2D eigenvalue weighted by Gasteiger charge is 2.45. The number of ether oxygens (including phenoxy) is 2. The average molecular weight is 307 g/mol. The molecule has 1 fully saturated rings. The molecule has 1 aliphatic rings. The average Bonchev–Trinajstić information content (AvgIpc) is 3.17. The number of amides is 1. The van der Waals surface area contributed by atoms with Crippen molar-refractivity contribution in [2.45, 2.75) is 57.5 Å². The number of aliphatic hydroxyl groups is 1. The quantitative estimate of drug-likeness (QED) is 0.791. The number of alkyl carbamates (subject to hydrolysis) is 1. The van der Waals surface area contributed by atoms with Crippen molar-refractivity contribution in [3.05, 3.63) is 35.9 Å². The Balaban J connectivity index is 1.98. The Hall–Kier alpha value is -1.59. The first-order valence-electron chi connectivity index (χ1n) is 7.69. The summed E-state index contributed by atoms with van der Waals surface area (Å²) >= 11 is 0. The lowest BCUT2D eigenvalue weighted by Crippen LogP contribution is -2.43. The van der Waals surface area contributed by atoms with Crippen molar-refractivity contribution in [2.24, 2.45) is 0 Å². The van der Waals surface area contributed by atoms with Crippen LogP contribution in [-0.2, 0) is 15.9 Å². The SMILES string of the molecule is CC(C)(C)OC(=O)N[C@@H](Cc1ccccc1)[C@H]1O[C@@H]1CCO. The van der Waals surface area contributed by atoms with Crippen molar-refractivity contribution < 1.29 is 19.4 Å². The van der Waals surface area contributed by atoms with E-state index in [9.17, 15) is 4.79 Å². The highest BCUT2D eigenvalue weighted by atomic mass is 16.6.